The average Bonchev–Trinajstić information content (AvgIpc) is 2.88. The molecule has 0 spiro atoms. The van der Waals surface area contributed by atoms with E-state index in [0.29, 0.717) is 18.7 Å². The van der Waals surface area contributed by atoms with Crippen LogP contribution in [0.1, 0.15) is 18.1 Å². The van der Waals surface area contributed by atoms with E-state index in [4.69, 9.17) is 0 Å². The fourth-order valence-corrected chi connectivity index (χ4v) is 2.79. The monoisotopic (exact) mass is 320 g/mol. The number of hydrogen-bond donors (Lipinski definition) is 1. The molecule has 1 N–H and O–H groups in total. The summed E-state index contributed by atoms with van der Waals surface area (Å²) in [6.45, 7) is 2.45. The Morgan fingerprint density at radius 3 is 2.42 bits per heavy atom. The summed E-state index contributed by atoms with van der Waals surface area (Å²) in [4.78, 5) is 26.0. The van der Waals surface area contributed by atoms with Gasteiger partial charge in [0.1, 0.15) is 5.70 Å². The molecule has 1 heterocycles. The maximum Gasteiger partial charge on any atom is 0.277 e. The molecule has 4 heteroatoms. The summed E-state index contributed by atoms with van der Waals surface area (Å²) in [5, 5.41) is 3.12. The predicted molar refractivity (Wildman–Crippen MR) is 94.4 cm³/mol. The lowest BCUT2D eigenvalue weighted by molar-refractivity contribution is -0.137. The van der Waals surface area contributed by atoms with Crippen molar-refractivity contribution < 1.29 is 9.59 Å². The molecule has 3 rings (SSSR count). The van der Waals surface area contributed by atoms with Crippen LogP contribution in [0.3, 0.4) is 0 Å². The van der Waals surface area contributed by atoms with Gasteiger partial charge in [-0.1, -0.05) is 55.5 Å². The number of aryl methyl sites for hydroxylation is 1. The number of hydrogen-bond acceptors (Lipinski definition) is 3. The molecule has 1 aliphatic rings. The van der Waals surface area contributed by atoms with Gasteiger partial charge in [-0.25, -0.2) is 0 Å². The summed E-state index contributed by atoms with van der Waals surface area (Å²) >= 11 is 0. The predicted octanol–water partition coefficient (Wildman–Crippen LogP) is 3.16. The van der Waals surface area contributed by atoms with E-state index in [2.05, 4.69) is 12.2 Å². The Hall–Kier alpha value is -2.88. The Morgan fingerprint density at radius 2 is 1.67 bits per heavy atom. The molecule has 0 aromatic heterocycles. The van der Waals surface area contributed by atoms with Crippen molar-refractivity contribution in [3.63, 3.8) is 0 Å². The van der Waals surface area contributed by atoms with Crippen molar-refractivity contribution in [3.05, 3.63) is 77.5 Å². The highest BCUT2D eigenvalue weighted by molar-refractivity contribution is 6.17. The summed E-state index contributed by atoms with van der Waals surface area (Å²) in [6, 6.07) is 17.7. The van der Waals surface area contributed by atoms with E-state index in [9.17, 15) is 9.59 Å². The molecule has 0 saturated heterocycles. The van der Waals surface area contributed by atoms with Gasteiger partial charge in [-0.3, -0.25) is 14.5 Å². The lowest BCUT2D eigenvalue weighted by atomic mass is 10.1. The fourth-order valence-electron chi connectivity index (χ4n) is 2.79. The first-order valence-corrected chi connectivity index (χ1v) is 8.15. The molecule has 0 unspecified atom stereocenters. The standard InChI is InChI=1S/C20H20N2O2/c1-2-16-10-6-7-11-17(16)21-18-14-19(23)22(20(18)24)13-12-15-8-4-3-5-9-15/h3-11,14,21H,2,12-13H2,1H3. The zero-order valence-corrected chi connectivity index (χ0v) is 13.7. The van der Waals surface area contributed by atoms with Crippen molar-refractivity contribution in [2.45, 2.75) is 19.8 Å². The van der Waals surface area contributed by atoms with Crippen LogP contribution < -0.4 is 5.32 Å². The van der Waals surface area contributed by atoms with E-state index in [-0.39, 0.29) is 11.8 Å². The number of benzene rings is 2. The number of nitrogens with zero attached hydrogens (tertiary/aromatic N) is 1. The second-order valence-electron chi connectivity index (χ2n) is 5.72. The van der Waals surface area contributed by atoms with Crippen molar-refractivity contribution >= 4 is 17.5 Å². The molecular formula is C20H20N2O2. The molecule has 0 bridgehead atoms. The molecule has 2 aromatic carbocycles. The second-order valence-corrected chi connectivity index (χ2v) is 5.72. The molecule has 4 nitrogen and oxygen atoms in total. The summed E-state index contributed by atoms with van der Waals surface area (Å²) in [7, 11) is 0. The molecule has 1 aliphatic heterocycles. The molecule has 2 amide bonds. The van der Waals surface area contributed by atoms with Crippen molar-refractivity contribution in [2.24, 2.45) is 0 Å². The van der Waals surface area contributed by atoms with Gasteiger partial charge in [0.2, 0.25) is 0 Å². The third kappa shape index (κ3) is 3.38. The van der Waals surface area contributed by atoms with Crippen molar-refractivity contribution in [1.82, 2.24) is 4.90 Å². The van der Waals surface area contributed by atoms with E-state index in [1.807, 2.05) is 54.6 Å². The first-order chi connectivity index (χ1) is 11.7. The number of carbonyl (C=O) groups excluding carboxylic acids is 2. The van der Waals surface area contributed by atoms with Gasteiger partial charge in [-0.05, 0) is 30.0 Å². The van der Waals surface area contributed by atoms with Crippen LogP contribution in [0.25, 0.3) is 0 Å². The lowest BCUT2D eigenvalue weighted by Crippen LogP contribution is -2.34. The SMILES string of the molecule is CCc1ccccc1NC1=CC(=O)N(CCc2ccccc2)C1=O. The molecule has 0 saturated carbocycles. The van der Waals surface area contributed by atoms with Gasteiger partial charge in [-0.15, -0.1) is 0 Å². The number of imide groups is 1. The number of nitrogens with one attached hydrogen (secondary N) is 1. The largest absolute Gasteiger partial charge is 0.351 e. The summed E-state index contributed by atoms with van der Waals surface area (Å²) < 4.78 is 0. The normalized spacial score (nSPS) is 14.0. The van der Waals surface area contributed by atoms with Crippen LogP contribution in [-0.2, 0) is 22.4 Å². The van der Waals surface area contributed by atoms with Gasteiger partial charge >= 0.3 is 0 Å². The Kier molecular flexibility index (Phi) is 4.75. The van der Waals surface area contributed by atoms with Crippen LogP contribution >= 0.6 is 0 Å². The minimum atomic E-state index is -0.262. The van der Waals surface area contributed by atoms with Crippen LogP contribution in [0.15, 0.2) is 66.4 Å². The maximum absolute atomic E-state index is 12.5. The van der Waals surface area contributed by atoms with Crippen LogP contribution in [0.5, 0.6) is 0 Å². The van der Waals surface area contributed by atoms with Crippen molar-refractivity contribution in [3.8, 4) is 0 Å². The van der Waals surface area contributed by atoms with Gasteiger partial charge in [0.05, 0.1) is 0 Å². The third-order valence-corrected chi connectivity index (χ3v) is 4.14. The number of anilines is 1. The Bertz CT molecular complexity index is 781. The van der Waals surface area contributed by atoms with Crippen molar-refractivity contribution in [1.29, 1.82) is 0 Å². The first kappa shape index (κ1) is 16.0. The molecule has 122 valence electrons. The third-order valence-electron chi connectivity index (χ3n) is 4.14. The lowest BCUT2D eigenvalue weighted by Gasteiger charge is -2.16. The Morgan fingerprint density at radius 1 is 0.958 bits per heavy atom. The minimum Gasteiger partial charge on any atom is -0.351 e. The zero-order chi connectivity index (χ0) is 16.9. The van der Waals surface area contributed by atoms with E-state index in [1.54, 1.807) is 0 Å². The maximum atomic E-state index is 12.5. The van der Waals surface area contributed by atoms with E-state index >= 15 is 0 Å². The van der Waals surface area contributed by atoms with Crippen LogP contribution in [-0.4, -0.2) is 23.3 Å². The molecule has 24 heavy (non-hydrogen) atoms. The van der Waals surface area contributed by atoms with Crippen LogP contribution in [0, 0.1) is 0 Å². The highest BCUT2D eigenvalue weighted by Crippen LogP contribution is 2.21. The van der Waals surface area contributed by atoms with Gasteiger partial charge in [0.25, 0.3) is 11.8 Å². The molecule has 0 atom stereocenters. The smallest absolute Gasteiger partial charge is 0.277 e. The topological polar surface area (TPSA) is 49.4 Å². The highest BCUT2D eigenvalue weighted by Gasteiger charge is 2.30. The molecule has 0 fully saturated rings. The van der Waals surface area contributed by atoms with Gasteiger partial charge in [0.15, 0.2) is 0 Å². The summed E-state index contributed by atoms with van der Waals surface area (Å²) in [5.74, 6) is -0.519. The first-order valence-electron chi connectivity index (χ1n) is 8.15. The molecular weight excluding hydrogens is 300 g/mol. The van der Waals surface area contributed by atoms with E-state index in [1.165, 1.54) is 11.0 Å². The second kappa shape index (κ2) is 7.13. The van der Waals surface area contributed by atoms with Crippen LogP contribution in [0.2, 0.25) is 0 Å². The fraction of sp³-hybridized carbons (Fsp3) is 0.200. The highest BCUT2D eigenvalue weighted by atomic mass is 16.2. The van der Waals surface area contributed by atoms with E-state index < -0.39 is 0 Å². The van der Waals surface area contributed by atoms with Crippen LogP contribution in [0.4, 0.5) is 5.69 Å². The minimum absolute atomic E-state index is 0.257. The Labute approximate surface area is 141 Å². The van der Waals surface area contributed by atoms with Gasteiger partial charge < -0.3 is 5.32 Å². The van der Waals surface area contributed by atoms with E-state index in [0.717, 1.165) is 23.2 Å². The molecule has 2 aromatic rings. The van der Waals surface area contributed by atoms with Gasteiger partial charge in [-0.2, -0.15) is 0 Å². The zero-order valence-electron chi connectivity index (χ0n) is 13.7. The molecule has 0 aliphatic carbocycles. The Balaban J connectivity index is 1.68. The molecule has 0 radical (unpaired) electrons. The number of amides is 2. The summed E-state index contributed by atoms with van der Waals surface area (Å²) in [5.41, 5.74) is 3.43. The average molecular weight is 320 g/mol. The van der Waals surface area contributed by atoms with Gasteiger partial charge in [0, 0.05) is 18.3 Å². The number of rotatable bonds is 6. The number of carbonyl (C=O) groups is 2. The number of para-hydroxylation sites is 1. The van der Waals surface area contributed by atoms with Crippen molar-refractivity contribution in [2.75, 3.05) is 11.9 Å². The quantitative estimate of drug-likeness (QED) is 0.832. The summed E-state index contributed by atoms with van der Waals surface area (Å²) in [6.07, 6.45) is 2.90.